The second-order valence-electron chi connectivity index (χ2n) is 4.33. The van der Waals surface area contributed by atoms with Crippen LogP contribution in [0, 0.1) is 6.92 Å². The van der Waals surface area contributed by atoms with Crippen LogP contribution in [-0.4, -0.2) is 30.2 Å². The first-order valence-electron chi connectivity index (χ1n) is 5.52. The molecule has 1 aromatic rings. The summed E-state index contributed by atoms with van der Waals surface area (Å²) in [5, 5.41) is 0.508. The van der Waals surface area contributed by atoms with Gasteiger partial charge in [-0.05, 0) is 37.1 Å². The van der Waals surface area contributed by atoms with Crippen LogP contribution < -0.4 is 4.72 Å². The molecule has 1 aliphatic rings. The molecular weight excluding hydrogens is 294 g/mol. The molecule has 0 unspecified atom stereocenters. The molecule has 1 aromatic carbocycles. The van der Waals surface area contributed by atoms with Crippen molar-refractivity contribution in [1.82, 2.24) is 4.72 Å². The largest absolute Gasteiger partial charge is 0.260 e. The smallest absolute Gasteiger partial charge is 0.241 e. The summed E-state index contributed by atoms with van der Waals surface area (Å²) < 4.78 is 38.2. The lowest BCUT2D eigenvalue weighted by atomic mass is 10.2. The van der Waals surface area contributed by atoms with Crippen LogP contribution in [0.15, 0.2) is 23.1 Å². The van der Waals surface area contributed by atoms with Crippen molar-refractivity contribution in [3.05, 3.63) is 28.8 Å². The fourth-order valence-corrected chi connectivity index (χ4v) is 5.20. The second-order valence-corrected chi connectivity index (χ2v) is 8.07. The van der Waals surface area contributed by atoms with Crippen molar-refractivity contribution < 1.29 is 12.6 Å². The van der Waals surface area contributed by atoms with Gasteiger partial charge in [-0.15, -0.1) is 0 Å². The first-order chi connectivity index (χ1) is 8.38. The van der Waals surface area contributed by atoms with Crippen molar-refractivity contribution in [3.8, 4) is 0 Å². The highest BCUT2D eigenvalue weighted by Gasteiger charge is 2.27. The minimum atomic E-state index is -3.56. The van der Waals surface area contributed by atoms with Gasteiger partial charge in [-0.3, -0.25) is 4.21 Å². The lowest BCUT2D eigenvalue weighted by Crippen LogP contribution is -2.35. The number of halogens is 1. The summed E-state index contributed by atoms with van der Waals surface area (Å²) in [6, 6.07) is 4.43. The highest BCUT2D eigenvalue weighted by molar-refractivity contribution is 7.89. The van der Waals surface area contributed by atoms with Gasteiger partial charge in [-0.25, -0.2) is 13.1 Å². The Morgan fingerprint density at radius 3 is 2.72 bits per heavy atom. The predicted molar refractivity (Wildman–Crippen MR) is 72.8 cm³/mol. The van der Waals surface area contributed by atoms with Gasteiger partial charge in [-0.1, -0.05) is 11.6 Å². The zero-order valence-electron chi connectivity index (χ0n) is 9.85. The number of rotatable bonds is 3. The van der Waals surface area contributed by atoms with Crippen LogP contribution in [0.4, 0.5) is 0 Å². The van der Waals surface area contributed by atoms with Crippen LogP contribution in [-0.2, 0) is 20.8 Å². The van der Waals surface area contributed by atoms with Crippen molar-refractivity contribution >= 4 is 32.4 Å². The summed E-state index contributed by atoms with van der Waals surface area (Å²) in [6.07, 6.45) is 0.623. The average molecular weight is 308 g/mol. The van der Waals surface area contributed by atoms with E-state index < -0.39 is 20.8 Å². The maximum Gasteiger partial charge on any atom is 0.241 e. The fourth-order valence-electron chi connectivity index (χ4n) is 1.95. The molecule has 7 heteroatoms. The van der Waals surface area contributed by atoms with Gasteiger partial charge in [0, 0.05) is 33.4 Å². The molecule has 0 spiro atoms. The summed E-state index contributed by atoms with van der Waals surface area (Å²) in [6.45, 7) is 1.70. The van der Waals surface area contributed by atoms with E-state index in [0.29, 0.717) is 28.5 Å². The Balaban J connectivity index is 2.23. The van der Waals surface area contributed by atoms with Crippen LogP contribution in [0.3, 0.4) is 0 Å². The van der Waals surface area contributed by atoms with Gasteiger partial charge < -0.3 is 0 Å². The maximum atomic E-state index is 12.2. The van der Waals surface area contributed by atoms with Gasteiger partial charge in [0.1, 0.15) is 0 Å². The van der Waals surface area contributed by atoms with Gasteiger partial charge in [0.05, 0.1) is 4.90 Å². The van der Waals surface area contributed by atoms with E-state index in [4.69, 9.17) is 11.6 Å². The van der Waals surface area contributed by atoms with Crippen molar-refractivity contribution in [3.63, 3.8) is 0 Å². The highest BCUT2D eigenvalue weighted by Crippen LogP contribution is 2.20. The first-order valence-corrected chi connectivity index (χ1v) is 8.87. The van der Waals surface area contributed by atoms with E-state index in [1.165, 1.54) is 6.07 Å². The lowest BCUT2D eigenvalue weighted by molar-refractivity contribution is 0.562. The Kier molecular flexibility index (Phi) is 4.11. The van der Waals surface area contributed by atoms with Crippen molar-refractivity contribution in [2.45, 2.75) is 24.3 Å². The Bertz CT molecular complexity index is 586. The quantitative estimate of drug-likeness (QED) is 0.919. The standard InChI is InChI=1S/C11H14ClNO3S2/c1-8-6-9(12)2-3-11(8)18(15,16)13-10-4-5-17(14)7-10/h2-3,6,10,13H,4-5,7H2,1H3/t10-,17+/m0/s1. The van der Waals surface area contributed by atoms with E-state index >= 15 is 0 Å². The van der Waals surface area contributed by atoms with Gasteiger partial charge >= 0.3 is 0 Å². The lowest BCUT2D eigenvalue weighted by Gasteiger charge is -2.13. The van der Waals surface area contributed by atoms with Crippen LogP contribution >= 0.6 is 11.6 Å². The zero-order valence-corrected chi connectivity index (χ0v) is 12.2. The normalized spacial score (nSPS) is 24.3. The van der Waals surface area contributed by atoms with Crippen LogP contribution in [0.25, 0.3) is 0 Å². The summed E-state index contributed by atoms with van der Waals surface area (Å²) >= 11 is 5.80. The molecule has 100 valence electrons. The third-order valence-corrected chi connectivity index (χ3v) is 6.21. The molecular formula is C11H14ClNO3S2. The van der Waals surface area contributed by atoms with Gasteiger partial charge in [0.15, 0.2) is 0 Å². The first kappa shape index (κ1) is 14.0. The molecule has 4 nitrogen and oxygen atoms in total. The van der Waals surface area contributed by atoms with Crippen molar-refractivity contribution in [1.29, 1.82) is 0 Å². The van der Waals surface area contributed by atoms with Gasteiger partial charge in [-0.2, -0.15) is 0 Å². The van der Waals surface area contributed by atoms with E-state index in [9.17, 15) is 12.6 Å². The second kappa shape index (κ2) is 5.28. The molecule has 0 amide bonds. The third kappa shape index (κ3) is 3.12. The topological polar surface area (TPSA) is 63.2 Å². The summed E-state index contributed by atoms with van der Waals surface area (Å²) in [5.41, 5.74) is 0.606. The monoisotopic (exact) mass is 307 g/mol. The third-order valence-electron chi connectivity index (χ3n) is 2.83. The molecule has 0 saturated carbocycles. The summed E-state index contributed by atoms with van der Waals surface area (Å²) in [7, 11) is -4.46. The molecule has 0 aliphatic carbocycles. The van der Waals surface area contributed by atoms with E-state index in [1.54, 1.807) is 19.1 Å². The SMILES string of the molecule is Cc1cc(Cl)ccc1S(=O)(=O)N[C@H]1CC[S@@](=O)C1. The Labute approximate surface area is 114 Å². The maximum absolute atomic E-state index is 12.2. The molecule has 1 heterocycles. The molecule has 2 rings (SSSR count). The minimum absolute atomic E-state index is 0.226. The Morgan fingerprint density at radius 2 is 2.17 bits per heavy atom. The molecule has 0 radical (unpaired) electrons. The summed E-state index contributed by atoms with van der Waals surface area (Å²) in [4.78, 5) is 0.226. The molecule has 18 heavy (non-hydrogen) atoms. The van der Waals surface area contributed by atoms with Crippen LogP contribution in [0.5, 0.6) is 0 Å². The Morgan fingerprint density at radius 1 is 1.44 bits per heavy atom. The molecule has 0 bridgehead atoms. The average Bonchev–Trinajstić information content (AvgIpc) is 2.62. The van der Waals surface area contributed by atoms with E-state index in [1.807, 2.05) is 0 Å². The highest BCUT2D eigenvalue weighted by atomic mass is 35.5. The van der Waals surface area contributed by atoms with E-state index in [0.717, 1.165) is 0 Å². The molecule has 1 fully saturated rings. The molecule has 2 atom stereocenters. The van der Waals surface area contributed by atoms with Crippen molar-refractivity contribution in [2.75, 3.05) is 11.5 Å². The van der Waals surface area contributed by atoms with Crippen molar-refractivity contribution in [2.24, 2.45) is 0 Å². The number of sulfonamides is 1. The van der Waals surface area contributed by atoms with E-state index in [-0.39, 0.29) is 10.9 Å². The number of benzene rings is 1. The molecule has 0 aromatic heterocycles. The number of hydrogen-bond donors (Lipinski definition) is 1. The molecule has 1 aliphatic heterocycles. The van der Waals surface area contributed by atoms with Crippen LogP contribution in [0.2, 0.25) is 5.02 Å². The number of nitrogens with one attached hydrogen (secondary N) is 1. The summed E-state index contributed by atoms with van der Waals surface area (Å²) in [5.74, 6) is 0.957. The number of aryl methyl sites for hydroxylation is 1. The van der Waals surface area contributed by atoms with E-state index in [2.05, 4.69) is 4.72 Å². The molecule has 1 saturated heterocycles. The predicted octanol–water partition coefficient (Wildman–Crippen LogP) is 1.45. The fraction of sp³-hybridized carbons (Fsp3) is 0.455. The minimum Gasteiger partial charge on any atom is -0.260 e. The zero-order chi connectivity index (χ0) is 13.3. The van der Waals surface area contributed by atoms with Gasteiger partial charge in [0.2, 0.25) is 10.0 Å². The molecule has 1 N–H and O–H groups in total. The van der Waals surface area contributed by atoms with Crippen LogP contribution in [0.1, 0.15) is 12.0 Å². The Hall–Kier alpha value is -0.430. The number of hydrogen-bond acceptors (Lipinski definition) is 3. The van der Waals surface area contributed by atoms with Gasteiger partial charge in [0.25, 0.3) is 0 Å².